The number of methoxy groups -OCH3 is 1. The SMILES string of the molecule is COc1ccc(N2CCN(C(=O)[C@H](CSCC3CCCCC3)NC(=O)OC(C)(C)C)CC2)cc1. The summed E-state index contributed by atoms with van der Waals surface area (Å²) in [7, 11) is 1.66. The van der Waals surface area contributed by atoms with E-state index in [1.165, 1.54) is 32.1 Å². The number of ether oxygens (including phenoxy) is 2. The van der Waals surface area contributed by atoms with Crippen molar-refractivity contribution in [2.75, 3.05) is 49.7 Å². The van der Waals surface area contributed by atoms with Gasteiger partial charge in [-0.2, -0.15) is 11.8 Å². The second-order valence-corrected chi connectivity index (χ2v) is 11.3. The van der Waals surface area contributed by atoms with Gasteiger partial charge in [-0.15, -0.1) is 0 Å². The Kier molecular flexibility index (Phi) is 9.80. The third kappa shape index (κ3) is 8.29. The molecular weight excluding hydrogens is 450 g/mol. The number of hydrogen-bond acceptors (Lipinski definition) is 6. The van der Waals surface area contributed by atoms with Crippen LogP contribution in [0.1, 0.15) is 52.9 Å². The minimum atomic E-state index is -0.600. The smallest absolute Gasteiger partial charge is 0.408 e. The Labute approximate surface area is 208 Å². The van der Waals surface area contributed by atoms with Crippen LogP contribution >= 0.6 is 11.8 Å². The first-order valence-corrected chi connectivity index (χ1v) is 13.7. The Morgan fingerprint density at radius 3 is 2.29 bits per heavy atom. The highest BCUT2D eigenvalue weighted by Gasteiger charge is 2.30. The van der Waals surface area contributed by atoms with Crippen molar-refractivity contribution in [1.82, 2.24) is 10.2 Å². The Morgan fingerprint density at radius 2 is 1.71 bits per heavy atom. The Balaban J connectivity index is 1.56. The van der Waals surface area contributed by atoms with Gasteiger partial charge in [-0.1, -0.05) is 19.3 Å². The maximum atomic E-state index is 13.4. The van der Waals surface area contributed by atoms with Crippen molar-refractivity contribution in [2.45, 2.75) is 64.5 Å². The average Bonchev–Trinajstić information content (AvgIpc) is 2.83. The van der Waals surface area contributed by atoms with Gasteiger partial charge in [0.25, 0.3) is 0 Å². The number of piperazine rings is 1. The second-order valence-electron chi connectivity index (χ2n) is 10.3. The number of anilines is 1. The maximum Gasteiger partial charge on any atom is 0.408 e. The van der Waals surface area contributed by atoms with E-state index in [9.17, 15) is 9.59 Å². The lowest BCUT2D eigenvalue weighted by molar-refractivity contribution is -0.133. The second kappa shape index (κ2) is 12.6. The number of carbonyl (C=O) groups is 2. The lowest BCUT2D eigenvalue weighted by atomic mass is 9.91. The Hall–Kier alpha value is -2.09. The molecule has 7 nitrogen and oxygen atoms in total. The van der Waals surface area contributed by atoms with Gasteiger partial charge in [0, 0.05) is 37.6 Å². The van der Waals surface area contributed by atoms with Gasteiger partial charge >= 0.3 is 6.09 Å². The molecule has 1 aromatic rings. The molecule has 0 aromatic heterocycles. The average molecular weight is 492 g/mol. The maximum absolute atomic E-state index is 13.4. The van der Waals surface area contributed by atoms with Crippen LogP contribution in [-0.2, 0) is 9.53 Å². The predicted octanol–water partition coefficient (Wildman–Crippen LogP) is 4.55. The third-order valence-corrected chi connectivity index (χ3v) is 7.66. The number of benzene rings is 1. The van der Waals surface area contributed by atoms with Crippen molar-refractivity contribution in [2.24, 2.45) is 5.92 Å². The van der Waals surface area contributed by atoms with Crippen LogP contribution < -0.4 is 15.0 Å². The summed E-state index contributed by atoms with van der Waals surface area (Å²) < 4.78 is 10.7. The van der Waals surface area contributed by atoms with Crippen molar-refractivity contribution in [3.05, 3.63) is 24.3 Å². The highest BCUT2D eigenvalue weighted by molar-refractivity contribution is 7.99. The first-order valence-electron chi connectivity index (χ1n) is 12.5. The monoisotopic (exact) mass is 491 g/mol. The number of hydrogen-bond donors (Lipinski definition) is 1. The minimum absolute atomic E-state index is 0.0172. The van der Waals surface area contributed by atoms with Gasteiger partial charge in [-0.05, 0) is 69.5 Å². The van der Waals surface area contributed by atoms with E-state index >= 15 is 0 Å². The third-order valence-electron chi connectivity index (χ3n) is 6.38. The van der Waals surface area contributed by atoms with E-state index in [4.69, 9.17) is 9.47 Å². The summed E-state index contributed by atoms with van der Waals surface area (Å²) in [5.41, 5.74) is 0.524. The van der Waals surface area contributed by atoms with Gasteiger partial charge in [0.15, 0.2) is 0 Å². The fourth-order valence-corrected chi connectivity index (χ4v) is 5.79. The first kappa shape index (κ1) is 26.5. The molecule has 2 fully saturated rings. The van der Waals surface area contributed by atoms with Crippen LogP contribution in [-0.4, -0.2) is 73.3 Å². The number of alkyl carbamates (subject to hydrolysis) is 1. The summed E-state index contributed by atoms with van der Waals surface area (Å²) in [6.45, 7) is 8.27. The minimum Gasteiger partial charge on any atom is -0.497 e. The van der Waals surface area contributed by atoms with E-state index in [-0.39, 0.29) is 5.91 Å². The lowest BCUT2D eigenvalue weighted by Crippen LogP contribution is -2.56. The molecule has 0 unspecified atom stereocenters. The molecule has 1 N–H and O–H groups in total. The number of nitrogens with zero attached hydrogens (tertiary/aromatic N) is 2. The van der Waals surface area contributed by atoms with Crippen molar-refractivity contribution in [1.29, 1.82) is 0 Å². The quantitative estimate of drug-likeness (QED) is 0.575. The molecule has 1 saturated carbocycles. The molecule has 2 amide bonds. The summed E-state index contributed by atoms with van der Waals surface area (Å²) in [6.07, 6.45) is 5.98. The molecular formula is C26H41N3O4S. The van der Waals surface area contributed by atoms with Crippen molar-refractivity contribution in [3.8, 4) is 5.75 Å². The van der Waals surface area contributed by atoms with Crippen LogP contribution in [0.4, 0.5) is 10.5 Å². The summed E-state index contributed by atoms with van der Waals surface area (Å²) in [4.78, 5) is 30.0. The van der Waals surface area contributed by atoms with E-state index in [1.807, 2.05) is 49.9 Å². The van der Waals surface area contributed by atoms with Crippen molar-refractivity contribution in [3.63, 3.8) is 0 Å². The van der Waals surface area contributed by atoms with Gasteiger partial charge < -0.3 is 24.6 Å². The molecule has 8 heteroatoms. The van der Waals surface area contributed by atoms with Crippen LogP contribution in [0.2, 0.25) is 0 Å². The van der Waals surface area contributed by atoms with Gasteiger partial charge in [-0.25, -0.2) is 4.79 Å². The molecule has 0 radical (unpaired) electrons. The summed E-state index contributed by atoms with van der Waals surface area (Å²) in [5, 5.41) is 2.86. The highest BCUT2D eigenvalue weighted by Crippen LogP contribution is 2.27. The van der Waals surface area contributed by atoms with Crippen LogP contribution in [0, 0.1) is 5.92 Å². The molecule has 190 valence electrons. The van der Waals surface area contributed by atoms with Crippen molar-refractivity contribution >= 4 is 29.4 Å². The number of carbonyl (C=O) groups excluding carboxylic acids is 2. The highest BCUT2D eigenvalue weighted by atomic mass is 32.2. The molecule has 1 aliphatic carbocycles. The van der Waals surface area contributed by atoms with E-state index in [2.05, 4.69) is 10.2 Å². The van der Waals surface area contributed by atoms with Gasteiger partial charge in [0.2, 0.25) is 5.91 Å². The molecule has 1 aliphatic heterocycles. The largest absolute Gasteiger partial charge is 0.497 e. The molecule has 34 heavy (non-hydrogen) atoms. The zero-order chi connectivity index (χ0) is 24.6. The molecule has 2 aliphatic rings. The molecule has 0 spiro atoms. The topological polar surface area (TPSA) is 71.1 Å². The van der Waals surface area contributed by atoms with E-state index in [0.29, 0.717) is 18.8 Å². The molecule has 1 saturated heterocycles. The van der Waals surface area contributed by atoms with Crippen LogP contribution in [0.25, 0.3) is 0 Å². The van der Waals surface area contributed by atoms with Crippen LogP contribution in [0.15, 0.2) is 24.3 Å². The van der Waals surface area contributed by atoms with E-state index < -0.39 is 17.7 Å². The van der Waals surface area contributed by atoms with Gasteiger partial charge in [0.05, 0.1) is 7.11 Å². The molecule has 1 atom stereocenters. The summed E-state index contributed by atoms with van der Waals surface area (Å²) >= 11 is 1.78. The number of thioether (sulfide) groups is 1. The fraction of sp³-hybridized carbons (Fsp3) is 0.692. The summed E-state index contributed by atoms with van der Waals surface area (Å²) in [5.74, 6) is 3.16. The number of amides is 2. The Morgan fingerprint density at radius 1 is 1.06 bits per heavy atom. The fourth-order valence-electron chi connectivity index (χ4n) is 4.53. The van der Waals surface area contributed by atoms with E-state index in [0.717, 1.165) is 36.2 Å². The first-order chi connectivity index (χ1) is 16.2. The van der Waals surface area contributed by atoms with Crippen LogP contribution in [0.5, 0.6) is 5.75 Å². The molecule has 1 aromatic carbocycles. The normalized spacial score (nSPS) is 18.4. The Bertz CT molecular complexity index is 782. The predicted molar refractivity (Wildman–Crippen MR) is 139 cm³/mol. The number of rotatable bonds is 8. The van der Waals surface area contributed by atoms with Gasteiger partial charge in [-0.3, -0.25) is 4.79 Å². The number of nitrogens with one attached hydrogen (secondary N) is 1. The zero-order valence-corrected chi connectivity index (χ0v) is 22.0. The van der Waals surface area contributed by atoms with Crippen molar-refractivity contribution < 1.29 is 19.1 Å². The summed E-state index contributed by atoms with van der Waals surface area (Å²) in [6, 6.07) is 7.43. The van der Waals surface area contributed by atoms with Gasteiger partial charge in [0.1, 0.15) is 17.4 Å². The molecule has 3 rings (SSSR count). The van der Waals surface area contributed by atoms with Crippen LogP contribution in [0.3, 0.4) is 0 Å². The lowest BCUT2D eigenvalue weighted by Gasteiger charge is -2.37. The molecule has 1 heterocycles. The molecule has 0 bridgehead atoms. The standard InChI is InChI=1S/C26H41N3O4S/c1-26(2,3)33-25(31)27-23(19-34-18-20-8-6-5-7-9-20)24(30)29-16-14-28(15-17-29)21-10-12-22(32-4)13-11-21/h10-13,20,23H,5-9,14-19H2,1-4H3,(H,27,31)/t23-/m0/s1. The zero-order valence-electron chi connectivity index (χ0n) is 21.2. The van der Waals surface area contributed by atoms with E-state index in [1.54, 1.807) is 18.9 Å².